The first-order valence-corrected chi connectivity index (χ1v) is 7.07. The molecule has 0 aliphatic heterocycles. The Balaban J connectivity index is 1.63. The first-order chi connectivity index (χ1) is 8.74. The van der Waals surface area contributed by atoms with E-state index >= 15 is 0 Å². The molecule has 1 aromatic carbocycles. The van der Waals surface area contributed by atoms with Crippen molar-refractivity contribution in [2.75, 3.05) is 0 Å². The van der Waals surface area contributed by atoms with E-state index in [9.17, 15) is 4.79 Å². The molecule has 1 fully saturated rings. The van der Waals surface area contributed by atoms with Crippen LogP contribution in [0.25, 0.3) is 0 Å². The molecule has 0 bridgehead atoms. The first kappa shape index (κ1) is 13.1. The number of aryl methyl sites for hydroxylation is 1. The minimum Gasteiger partial charge on any atom is -0.353 e. The highest BCUT2D eigenvalue weighted by Crippen LogP contribution is 2.24. The van der Waals surface area contributed by atoms with Gasteiger partial charge in [-0.3, -0.25) is 4.79 Å². The molecule has 1 aliphatic carbocycles. The van der Waals surface area contributed by atoms with Gasteiger partial charge in [0.15, 0.2) is 0 Å². The Kier molecular flexibility index (Phi) is 4.80. The summed E-state index contributed by atoms with van der Waals surface area (Å²) in [5, 5.41) is 3.16. The lowest BCUT2D eigenvalue weighted by atomic mass is 10.1. The van der Waals surface area contributed by atoms with E-state index < -0.39 is 0 Å². The quantitative estimate of drug-likeness (QED) is 0.847. The van der Waals surface area contributed by atoms with Crippen LogP contribution < -0.4 is 5.32 Å². The van der Waals surface area contributed by atoms with E-state index in [0.717, 1.165) is 31.6 Å². The normalized spacial score (nSPS) is 22.9. The number of hydrogen-bond donors (Lipinski definition) is 1. The highest BCUT2D eigenvalue weighted by atomic mass is 16.1. The second kappa shape index (κ2) is 6.58. The summed E-state index contributed by atoms with van der Waals surface area (Å²) in [7, 11) is 0. The molecule has 0 saturated heterocycles. The molecule has 2 rings (SSSR count). The van der Waals surface area contributed by atoms with Gasteiger partial charge >= 0.3 is 0 Å². The number of carbonyl (C=O) groups is 1. The second-order valence-corrected chi connectivity index (χ2v) is 5.52. The first-order valence-electron chi connectivity index (χ1n) is 7.07. The fourth-order valence-electron chi connectivity index (χ4n) is 2.74. The van der Waals surface area contributed by atoms with E-state index in [4.69, 9.17) is 0 Å². The zero-order valence-electron chi connectivity index (χ0n) is 11.2. The van der Waals surface area contributed by atoms with E-state index in [2.05, 4.69) is 36.5 Å². The molecular weight excluding hydrogens is 222 g/mol. The van der Waals surface area contributed by atoms with Crippen molar-refractivity contribution in [1.82, 2.24) is 5.32 Å². The monoisotopic (exact) mass is 245 g/mol. The summed E-state index contributed by atoms with van der Waals surface area (Å²) in [5.74, 6) is 1.00. The van der Waals surface area contributed by atoms with Crippen molar-refractivity contribution in [3.8, 4) is 0 Å². The Bertz CT molecular complexity index is 374. The minimum atomic E-state index is 0.227. The zero-order chi connectivity index (χ0) is 12.8. The SMILES string of the molecule is CC1CCC(NC(=O)CCCc2ccccc2)C1. The molecule has 2 nitrogen and oxygen atoms in total. The number of benzene rings is 1. The summed E-state index contributed by atoms with van der Waals surface area (Å²) < 4.78 is 0. The predicted octanol–water partition coefficient (Wildman–Crippen LogP) is 3.31. The average molecular weight is 245 g/mol. The maximum Gasteiger partial charge on any atom is 0.220 e. The minimum absolute atomic E-state index is 0.227. The van der Waals surface area contributed by atoms with Crippen molar-refractivity contribution in [1.29, 1.82) is 0 Å². The Hall–Kier alpha value is -1.31. The van der Waals surface area contributed by atoms with Crippen LogP contribution in [0.15, 0.2) is 30.3 Å². The Labute approximate surface area is 110 Å². The summed E-state index contributed by atoms with van der Waals surface area (Å²) in [6, 6.07) is 10.8. The molecule has 2 heteroatoms. The van der Waals surface area contributed by atoms with E-state index in [0.29, 0.717) is 12.5 Å². The molecule has 0 radical (unpaired) electrons. The van der Waals surface area contributed by atoms with Gasteiger partial charge in [-0.25, -0.2) is 0 Å². The van der Waals surface area contributed by atoms with Gasteiger partial charge in [0.2, 0.25) is 5.91 Å². The standard InChI is InChI=1S/C16H23NO/c1-13-10-11-15(12-13)17-16(18)9-5-8-14-6-3-2-4-7-14/h2-4,6-7,13,15H,5,8-12H2,1H3,(H,17,18). The molecule has 2 atom stereocenters. The van der Waals surface area contributed by atoms with Gasteiger partial charge in [0.1, 0.15) is 0 Å². The smallest absolute Gasteiger partial charge is 0.220 e. The van der Waals surface area contributed by atoms with Gasteiger partial charge in [-0.1, -0.05) is 37.3 Å². The largest absolute Gasteiger partial charge is 0.353 e. The van der Waals surface area contributed by atoms with Crippen molar-refractivity contribution in [3.05, 3.63) is 35.9 Å². The Morgan fingerprint density at radius 2 is 2.06 bits per heavy atom. The third kappa shape index (κ3) is 4.17. The van der Waals surface area contributed by atoms with Gasteiger partial charge in [-0.2, -0.15) is 0 Å². The number of amides is 1. The third-order valence-corrected chi connectivity index (χ3v) is 3.77. The van der Waals surface area contributed by atoms with E-state index in [1.165, 1.54) is 12.0 Å². The van der Waals surface area contributed by atoms with Gasteiger partial charge in [0, 0.05) is 12.5 Å². The van der Waals surface area contributed by atoms with Gasteiger partial charge in [0.05, 0.1) is 0 Å². The summed E-state index contributed by atoms with van der Waals surface area (Å²) >= 11 is 0. The molecule has 1 saturated carbocycles. The summed E-state index contributed by atoms with van der Waals surface area (Å²) in [5.41, 5.74) is 1.32. The molecule has 1 amide bonds. The van der Waals surface area contributed by atoms with Crippen LogP contribution in [0.2, 0.25) is 0 Å². The van der Waals surface area contributed by atoms with E-state index in [1.54, 1.807) is 0 Å². The van der Waals surface area contributed by atoms with Crippen molar-refractivity contribution in [2.45, 2.75) is 51.5 Å². The fourth-order valence-corrected chi connectivity index (χ4v) is 2.74. The van der Waals surface area contributed by atoms with Crippen LogP contribution in [0.3, 0.4) is 0 Å². The van der Waals surface area contributed by atoms with E-state index in [1.807, 2.05) is 6.07 Å². The van der Waals surface area contributed by atoms with Crippen LogP contribution in [-0.2, 0) is 11.2 Å². The zero-order valence-corrected chi connectivity index (χ0v) is 11.2. The molecule has 0 aromatic heterocycles. The summed E-state index contributed by atoms with van der Waals surface area (Å²) in [6.45, 7) is 2.27. The number of rotatable bonds is 5. The van der Waals surface area contributed by atoms with Crippen molar-refractivity contribution >= 4 is 5.91 Å². The van der Waals surface area contributed by atoms with Crippen LogP contribution in [0.4, 0.5) is 0 Å². The molecule has 1 aliphatic rings. The topological polar surface area (TPSA) is 29.1 Å². The second-order valence-electron chi connectivity index (χ2n) is 5.52. The number of carbonyl (C=O) groups excluding carboxylic acids is 1. The van der Waals surface area contributed by atoms with Crippen LogP contribution in [-0.4, -0.2) is 11.9 Å². The molecular formula is C16H23NO. The van der Waals surface area contributed by atoms with Crippen molar-refractivity contribution < 1.29 is 4.79 Å². The predicted molar refractivity (Wildman–Crippen MR) is 74.3 cm³/mol. The average Bonchev–Trinajstić information content (AvgIpc) is 2.76. The van der Waals surface area contributed by atoms with Crippen molar-refractivity contribution in [3.63, 3.8) is 0 Å². The van der Waals surface area contributed by atoms with Crippen LogP contribution in [0.1, 0.15) is 44.6 Å². The van der Waals surface area contributed by atoms with E-state index in [-0.39, 0.29) is 5.91 Å². The van der Waals surface area contributed by atoms with Gasteiger partial charge in [-0.05, 0) is 43.6 Å². The lowest BCUT2D eigenvalue weighted by Crippen LogP contribution is -2.32. The molecule has 98 valence electrons. The molecule has 1 aromatic rings. The van der Waals surface area contributed by atoms with Gasteiger partial charge in [-0.15, -0.1) is 0 Å². The Morgan fingerprint density at radius 3 is 2.72 bits per heavy atom. The molecule has 1 N–H and O–H groups in total. The fraction of sp³-hybridized carbons (Fsp3) is 0.562. The summed E-state index contributed by atoms with van der Waals surface area (Å²) in [4.78, 5) is 11.8. The number of nitrogens with one attached hydrogen (secondary N) is 1. The number of hydrogen-bond acceptors (Lipinski definition) is 1. The van der Waals surface area contributed by atoms with Crippen molar-refractivity contribution in [2.24, 2.45) is 5.92 Å². The molecule has 0 heterocycles. The van der Waals surface area contributed by atoms with Gasteiger partial charge < -0.3 is 5.32 Å². The molecule has 0 spiro atoms. The highest BCUT2D eigenvalue weighted by Gasteiger charge is 2.22. The molecule has 18 heavy (non-hydrogen) atoms. The maximum absolute atomic E-state index is 11.8. The third-order valence-electron chi connectivity index (χ3n) is 3.77. The summed E-state index contributed by atoms with van der Waals surface area (Å²) in [6.07, 6.45) is 6.16. The van der Waals surface area contributed by atoms with Gasteiger partial charge in [0.25, 0.3) is 0 Å². The lowest BCUT2D eigenvalue weighted by molar-refractivity contribution is -0.121. The van der Waals surface area contributed by atoms with Crippen LogP contribution in [0, 0.1) is 5.92 Å². The highest BCUT2D eigenvalue weighted by molar-refractivity contribution is 5.76. The lowest BCUT2D eigenvalue weighted by Gasteiger charge is -2.12. The maximum atomic E-state index is 11.8. The molecule has 2 unspecified atom stereocenters. The van der Waals surface area contributed by atoms with Crippen LogP contribution >= 0.6 is 0 Å². The Morgan fingerprint density at radius 1 is 1.28 bits per heavy atom. The van der Waals surface area contributed by atoms with Crippen LogP contribution in [0.5, 0.6) is 0 Å².